The summed E-state index contributed by atoms with van der Waals surface area (Å²) < 4.78 is 8.44. The number of rotatable bonds is 6. The molecule has 0 fully saturated rings. The lowest BCUT2D eigenvalue weighted by molar-refractivity contribution is -0.113. The van der Waals surface area contributed by atoms with Crippen LogP contribution in [0.25, 0.3) is 28.2 Å². The predicted octanol–water partition coefficient (Wildman–Crippen LogP) is 3.26. The Balaban J connectivity index is 1.33. The van der Waals surface area contributed by atoms with E-state index in [-0.39, 0.29) is 17.5 Å². The Morgan fingerprint density at radius 3 is 2.65 bits per heavy atom. The van der Waals surface area contributed by atoms with Crippen LogP contribution in [0.5, 0.6) is 0 Å². The Morgan fingerprint density at radius 2 is 1.88 bits per heavy atom. The zero-order chi connectivity index (χ0) is 23.8. The monoisotopic (exact) mass is 475 g/mol. The Morgan fingerprint density at radius 1 is 1.12 bits per heavy atom. The van der Waals surface area contributed by atoms with E-state index < -0.39 is 0 Å². The summed E-state index contributed by atoms with van der Waals surface area (Å²) >= 11 is 1.22. The third-order valence-electron chi connectivity index (χ3n) is 5.37. The molecular weight excluding hydrogens is 454 g/mol. The number of anilines is 1. The van der Waals surface area contributed by atoms with Crippen LogP contribution in [0.4, 0.5) is 5.82 Å². The van der Waals surface area contributed by atoms with Crippen LogP contribution in [0, 0.1) is 20.8 Å². The van der Waals surface area contributed by atoms with Gasteiger partial charge in [0.15, 0.2) is 11.5 Å². The number of tetrazole rings is 1. The number of fused-ring (bicyclic) bond motifs is 1. The van der Waals surface area contributed by atoms with Crippen LogP contribution in [-0.2, 0) is 11.8 Å². The fraction of sp³-hybridized carbons (Fsp3) is 0.227. The molecule has 3 aromatic heterocycles. The average Bonchev–Trinajstić information content (AvgIpc) is 3.51. The van der Waals surface area contributed by atoms with E-state index in [9.17, 15) is 4.79 Å². The Kier molecular flexibility index (Phi) is 5.57. The van der Waals surface area contributed by atoms with Crippen molar-refractivity contribution < 1.29 is 9.42 Å². The number of aryl methyl sites for hydroxylation is 4. The van der Waals surface area contributed by atoms with Gasteiger partial charge < -0.3 is 9.88 Å². The highest BCUT2D eigenvalue weighted by Crippen LogP contribution is 2.28. The maximum atomic E-state index is 12.7. The van der Waals surface area contributed by atoms with Crippen molar-refractivity contribution >= 4 is 34.5 Å². The lowest BCUT2D eigenvalue weighted by Gasteiger charge is -2.12. The summed E-state index contributed by atoms with van der Waals surface area (Å²) in [6.45, 7) is 6.07. The van der Waals surface area contributed by atoms with Gasteiger partial charge in [-0.15, -0.1) is 5.10 Å². The zero-order valence-corrected chi connectivity index (χ0v) is 19.8. The van der Waals surface area contributed by atoms with E-state index in [0.29, 0.717) is 16.7 Å². The van der Waals surface area contributed by atoms with Crippen molar-refractivity contribution in [3.8, 4) is 17.2 Å². The molecule has 0 aliphatic heterocycles. The van der Waals surface area contributed by atoms with E-state index in [0.717, 1.165) is 33.4 Å². The van der Waals surface area contributed by atoms with Crippen molar-refractivity contribution in [1.82, 2.24) is 40.1 Å². The molecule has 0 radical (unpaired) electrons. The van der Waals surface area contributed by atoms with Gasteiger partial charge in [-0.05, 0) is 64.8 Å². The number of imidazole rings is 1. The number of benzene rings is 2. The van der Waals surface area contributed by atoms with E-state index in [1.54, 1.807) is 4.68 Å². The molecule has 11 nitrogen and oxygen atoms in total. The van der Waals surface area contributed by atoms with Crippen LogP contribution < -0.4 is 5.32 Å². The molecule has 5 aromatic rings. The zero-order valence-electron chi connectivity index (χ0n) is 19.0. The van der Waals surface area contributed by atoms with Gasteiger partial charge in [0.05, 0.1) is 22.5 Å². The number of aromatic nitrogens is 8. The van der Waals surface area contributed by atoms with E-state index in [1.807, 2.05) is 56.7 Å². The standard InChI is InChI=1S/C22H21N9O2S/c1-12-9-13(2)19(14(3)10-12)31-22(25-28-29-31)34-11-17(32)24-20-18(26-33-27-20)21-23-15-7-5-6-8-16(15)30(21)4/h5-10H,11H2,1-4H3,(H,24,27,32). The molecule has 3 heterocycles. The minimum absolute atomic E-state index is 0.0686. The first-order chi connectivity index (χ1) is 16.4. The molecule has 0 aliphatic rings. The summed E-state index contributed by atoms with van der Waals surface area (Å²) in [5, 5.41) is 23.1. The van der Waals surface area contributed by atoms with Crippen molar-refractivity contribution in [3.05, 3.63) is 53.1 Å². The van der Waals surface area contributed by atoms with Gasteiger partial charge in [-0.1, -0.05) is 41.6 Å². The van der Waals surface area contributed by atoms with Gasteiger partial charge in [0.1, 0.15) is 0 Å². The molecule has 1 amide bonds. The van der Waals surface area contributed by atoms with Gasteiger partial charge in [0, 0.05) is 7.05 Å². The highest BCUT2D eigenvalue weighted by molar-refractivity contribution is 7.99. The predicted molar refractivity (Wildman–Crippen MR) is 127 cm³/mol. The van der Waals surface area contributed by atoms with Gasteiger partial charge in [-0.25, -0.2) is 9.61 Å². The van der Waals surface area contributed by atoms with Crippen LogP contribution in [0.3, 0.4) is 0 Å². The average molecular weight is 476 g/mol. The Hall–Kier alpha value is -4.06. The summed E-state index contributed by atoms with van der Waals surface area (Å²) in [5.41, 5.74) is 6.27. The van der Waals surface area contributed by atoms with Crippen LogP contribution in [0.2, 0.25) is 0 Å². The van der Waals surface area contributed by atoms with Gasteiger partial charge >= 0.3 is 0 Å². The molecule has 34 heavy (non-hydrogen) atoms. The van der Waals surface area contributed by atoms with E-state index in [1.165, 1.54) is 11.8 Å². The normalized spacial score (nSPS) is 11.3. The van der Waals surface area contributed by atoms with Crippen LogP contribution in [0.1, 0.15) is 16.7 Å². The minimum atomic E-state index is -0.299. The lowest BCUT2D eigenvalue weighted by atomic mass is 10.1. The van der Waals surface area contributed by atoms with Crippen molar-refractivity contribution in [2.24, 2.45) is 7.05 Å². The molecule has 0 aliphatic carbocycles. The molecule has 0 saturated carbocycles. The highest BCUT2D eigenvalue weighted by atomic mass is 32.2. The van der Waals surface area contributed by atoms with Crippen molar-refractivity contribution in [2.75, 3.05) is 11.1 Å². The molecule has 1 N–H and O–H groups in total. The molecule has 0 saturated heterocycles. The number of para-hydroxylation sites is 2. The molecule has 172 valence electrons. The van der Waals surface area contributed by atoms with E-state index in [2.05, 4.69) is 48.3 Å². The Bertz CT molecular complexity index is 1490. The van der Waals surface area contributed by atoms with Gasteiger partial charge in [0.2, 0.25) is 16.9 Å². The van der Waals surface area contributed by atoms with Gasteiger partial charge in [-0.2, -0.15) is 4.68 Å². The number of carbonyl (C=O) groups is 1. The highest BCUT2D eigenvalue weighted by Gasteiger charge is 2.21. The molecule has 0 bridgehead atoms. The number of hydrogen-bond acceptors (Lipinski definition) is 9. The molecule has 2 aromatic carbocycles. The number of hydrogen-bond donors (Lipinski definition) is 1. The first-order valence-corrected chi connectivity index (χ1v) is 11.4. The summed E-state index contributed by atoms with van der Waals surface area (Å²) in [7, 11) is 1.87. The minimum Gasteiger partial charge on any atom is -0.326 e. The smallest absolute Gasteiger partial charge is 0.236 e. The van der Waals surface area contributed by atoms with Crippen molar-refractivity contribution in [3.63, 3.8) is 0 Å². The van der Waals surface area contributed by atoms with Crippen LogP contribution >= 0.6 is 11.8 Å². The fourth-order valence-electron chi connectivity index (χ4n) is 3.99. The fourth-order valence-corrected chi connectivity index (χ4v) is 4.67. The second-order valence-electron chi connectivity index (χ2n) is 7.90. The largest absolute Gasteiger partial charge is 0.326 e. The summed E-state index contributed by atoms with van der Waals surface area (Å²) in [6, 6.07) is 11.9. The topological polar surface area (TPSA) is 129 Å². The number of nitrogens with one attached hydrogen (secondary N) is 1. The molecule has 0 unspecified atom stereocenters. The quantitative estimate of drug-likeness (QED) is 0.368. The summed E-state index contributed by atoms with van der Waals surface area (Å²) in [5.74, 6) is 0.514. The maximum Gasteiger partial charge on any atom is 0.236 e. The lowest BCUT2D eigenvalue weighted by Crippen LogP contribution is -2.16. The third kappa shape index (κ3) is 3.92. The second-order valence-corrected chi connectivity index (χ2v) is 8.84. The number of carbonyl (C=O) groups excluding carboxylic acids is 1. The molecule has 0 atom stereocenters. The van der Waals surface area contributed by atoms with E-state index >= 15 is 0 Å². The number of thioether (sulfide) groups is 1. The Labute approximate surface area is 198 Å². The SMILES string of the molecule is Cc1cc(C)c(-n2nnnc2SCC(=O)Nc2nonc2-c2nc3ccccc3n2C)c(C)c1. The molecular formula is C22H21N9O2S. The first-order valence-electron chi connectivity index (χ1n) is 10.5. The van der Waals surface area contributed by atoms with Gasteiger partial charge in [-0.3, -0.25) is 4.79 Å². The van der Waals surface area contributed by atoms with Crippen LogP contribution in [-0.4, -0.2) is 51.7 Å². The van der Waals surface area contributed by atoms with E-state index in [4.69, 9.17) is 4.63 Å². The summed E-state index contributed by atoms with van der Waals surface area (Å²) in [6.07, 6.45) is 0. The number of nitrogens with zero attached hydrogens (tertiary/aromatic N) is 8. The maximum absolute atomic E-state index is 12.7. The molecule has 5 rings (SSSR count). The van der Waals surface area contributed by atoms with Crippen molar-refractivity contribution in [2.45, 2.75) is 25.9 Å². The summed E-state index contributed by atoms with van der Waals surface area (Å²) in [4.78, 5) is 17.3. The van der Waals surface area contributed by atoms with Crippen LogP contribution in [0.15, 0.2) is 46.2 Å². The number of amides is 1. The van der Waals surface area contributed by atoms with Crippen molar-refractivity contribution in [1.29, 1.82) is 0 Å². The molecule has 0 spiro atoms. The second kappa shape index (κ2) is 8.71. The third-order valence-corrected chi connectivity index (χ3v) is 6.29. The molecule has 12 heteroatoms. The van der Waals surface area contributed by atoms with Gasteiger partial charge in [0.25, 0.3) is 0 Å². The first kappa shape index (κ1) is 21.8.